The summed E-state index contributed by atoms with van der Waals surface area (Å²) in [5, 5.41) is 3.46. The maximum absolute atomic E-state index is 3.46. The van der Waals surface area contributed by atoms with Crippen LogP contribution < -0.4 is 5.32 Å². The van der Waals surface area contributed by atoms with Gasteiger partial charge in [-0.3, -0.25) is 0 Å². The van der Waals surface area contributed by atoms with E-state index in [0.29, 0.717) is 5.41 Å². The van der Waals surface area contributed by atoms with Crippen molar-refractivity contribution in [1.29, 1.82) is 0 Å². The molecular formula is C19H32N2. The molecule has 0 aliphatic heterocycles. The Labute approximate surface area is 130 Å². The summed E-state index contributed by atoms with van der Waals surface area (Å²) in [6.07, 6.45) is 9.63. The van der Waals surface area contributed by atoms with Crippen LogP contribution in [0, 0.1) is 5.41 Å². The molecule has 1 aliphatic carbocycles. The molecule has 0 radical (unpaired) electrons. The van der Waals surface area contributed by atoms with Gasteiger partial charge in [-0.15, -0.1) is 0 Å². The number of nitrogens with zero attached hydrogens (tertiary/aromatic N) is 1. The van der Waals surface area contributed by atoms with Gasteiger partial charge in [-0.05, 0) is 44.3 Å². The Morgan fingerprint density at radius 3 is 2.33 bits per heavy atom. The molecule has 0 bridgehead atoms. The lowest BCUT2D eigenvalue weighted by Crippen LogP contribution is -2.42. The molecule has 0 unspecified atom stereocenters. The second-order valence-corrected chi connectivity index (χ2v) is 6.92. The first-order valence-electron chi connectivity index (χ1n) is 8.61. The Bertz CT molecular complexity index is 380. The highest BCUT2D eigenvalue weighted by atomic mass is 15.1. The summed E-state index contributed by atoms with van der Waals surface area (Å²) in [5.74, 6) is 0. The lowest BCUT2D eigenvalue weighted by Gasteiger charge is -2.36. The second kappa shape index (κ2) is 8.55. The molecule has 1 N–H and O–H groups in total. The summed E-state index contributed by atoms with van der Waals surface area (Å²) >= 11 is 0. The van der Waals surface area contributed by atoms with Crippen LogP contribution in [0.25, 0.3) is 0 Å². The van der Waals surface area contributed by atoms with Crippen molar-refractivity contribution < 1.29 is 0 Å². The van der Waals surface area contributed by atoms with Gasteiger partial charge >= 0.3 is 0 Å². The van der Waals surface area contributed by atoms with Crippen molar-refractivity contribution in [3.63, 3.8) is 0 Å². The summed E-state index contributed by atoms with van der Waals surface area (Å²) in [7, 11) is 4.40. The molecule has 0 amide bonds. The fourth-order valence-corrected chi connectivity index (χ4v) is 3.86. The van der Waals surface area contributed by atoms with Gasteiger partial charge in [0, 0.05) is 19.6 Å². The maximum Gasteiger partial charge on any atom is 0.00472 e. The Hall–Kier alpha value is -0.860. The molecule has 0 spiro atoms. The Balaban J connectivity index is 1.86. The SMILES string of the molecule is CNCC1(CN(C)CCc2ccccc2)CCCCCC1. The number of rotatable bonds is 7. The Morgan fingerprint density at radius 2 is 1.71 bits per heavy atom. The van der Waals surface area contributed by atoms with Gasteiger partial charge in [0.15, 0.2) is 0 Å². The molecule has 21 heavy (non-hydrogen) atoms. The highest BCUT2D eigenvalue weighted by Gasteiger charge is 2.31. The van der Waals surface area contributed by atoms with Crippen molar-refractivity contribution in [2.24, 2.45) is 5.41 Å². The fourth-order valence-electron chi connectivity index (χ4n) is 3.86. The third kappa shape index (κ3) is 5.44. The molecule has 2 rings (SSSR count). The average Bonchev–Trinajstić information content (AvgIpc) is 2.72. The van der Waals surface area contributed by atoms with Gasteiger partial charge in [-0.2, -0.15) is 0 Å². The molecule has 118 valence electrons. The third-order valence-corrected chi connectivity index (χ3v) is 4.95. The van der Waals surface area contributed by atoms with E-state index in [0.717, 1.165) is 13.0 Å². The number of nitrogens with one attached hydrogen (secondary N) is 1. The maximum atomic E-state index is 3.46. The van der Waals surface area contributed by atoms with E-state index >= 15 is 0 Å². The van der Waals surface area contributed by atoms with Crippen molar-refractivity contribution in [3.05, 3.63) is 35.9 Å². The summed E-state index contributed by atoms with van der Waals surface area (Å²) in [4.78, 5) is 2.55. The van der Waals surface area contributed by atoms with E-state index in [4.69, 9.17) is 0 Å². The van der Waals surface area contributed by atoms with Crippen LogP contribution in [0.4, 0.5) is 0 Å². The smallest absolute Gasteiger partial charge is 0.00472 e. The normalized spacial score (nSPS) is 18.6. The highest BCUT2D eigenvalue weighted by Crippen LogP contribution is 2.35. The minimum atomic E-state index is 0.497. The highest BCUT2D eigenvalue weighted by molar-refractivity contribution is 5.14. The van der Waals surface area contributed by atoms with E-state index in [1.54, 1.807) is 0 Å². The van der Waals surface area contributed by atoms with Crippen molar-refractivity contribution >= 4 is 0 Å². The predicted molar refractivity (Wildman–Crippen MR) is 91.7 cm³/mol. The first-order chi connectivity index (χ1) is 10.2. The fraction of sp³-hybridized carbons (Fsp3) is 0.684. The van der Waals surface area contributed by atoms with E-state index in [1.165, 1.54) is 57.2 Å². The third-order valence-electron chi connectivity index (χ3n) is 4.95. The summed E-state index contributed by atoms with van der Waals surface area (Å²) in [5.41, 5.74) is 1.95. The van der Waals surface area contributed by atoms with E-state index in [9.17, 15) is 0 Å². The topological polar surface area (TPSA) is 15.3 Å². The van der Waals surface area contributed by atoms with Crippen molar-refractivity contribution in [2.45, 2.75) is 44.9 Å². The molecular weight excluding hydrogens is 256 g/mol. The molecule has 1 fully saturated rings. The molecule has 1 aliphatic rings. The van der Waals surface area contributed by atoms with Gasteiger partial charge < -0.3 is 10.2 Å². The summed E-state index contributed by atoms with van der Waals surface area (Å²) < 4.78 is 0. The molecule has 1 saturated carbocycles. The van der Waals surface area contributed by atoms with Crippen LogP contribution in [0.2, 0.25) is 0 Å². The van der Waals surface area contributed by atoms with Crippen LogP contribution in [0.3, 0.4) is 0 Å². The van der Waals surface area contributed by atoms with Gasteiger partial charge in [-0.25, -0.2) is 0 Å². The van der Waals surface area contributed by atoms with Crippen molar-refractivity contribution in [3.8, 4) is 0 Å². The van der Waals surface area contributed by atoms with E-state index in [-0.39, 0.29) is 0 Å². The van der Waals surface area contributed by atoms with Crippen LogP contribution in [0.15, 0.2) is 30.3 Å². The number of hydrogen-bond donors (Lipinski definition) is 1. The first-order valence-corrected chi connectivity index (χ1v) is 8.61. The van der Waals surface area contributed by atoms with Crippen LogP contribution in [0.5, 0.6) is 0 Å². The van der Waals surface area contributed by atoms with Gasteiger partial charge in [0.1, 0.15) is 0 Å². The molecule has 1 aromatic rings. The van der Waals surface area contributed by atoms with Crippen LogP contribution in [-0.4, -0.2) is 38.6 Å². The Kier molecular flexibility index (Phi) is 6.72. The zero-order valence-corrected chi connectivity index (χ0v) is 13.9. The molecule has 2 heteroatoms. The minimum Gasteiger partial charge on any atom is -0.319 e. The number of benzene rings is 1. The summed E-state index contributed by atoms with van der Waals surface area (Å²) in [6.45, 7) is 3.57. The van der Waals surface area contributed by atoms with Crippen LogP contribution in [0.1, 0.15) is 44.1 Å². The standard InChI is InChI=1S/C19H32N2/c1-20-16-19(13-8-3-4-9-14-19)17-21(2)15-12-18-10-6-5-7-11-18/h5-7,10-11,20H,3-4,8-9,12-17H2,1-2H3. The largest absolute Gasteiger partial charge is 0.319 e. The second-order valence-electron chi connectivity index (χ2n) is 6.92. The van der Waals surface area contributed by atoms with Crippen LogP contribution in [-0.2, 0) is 6.42 Å². The van der Waals surface area contributed by atoms with Crippen molar-refractivity contribution in [1.82, 2.24) is 10.2 Å². The zero-order chi connectivity index (χ0) is 15.0. The molecule has 0 aromatic heterocycles. The van der Waals surface area contributed by atoms with Gasteiger partial charge in [0.05, 0.1) is 0 Å². The number of likely N-dealkylation sites (N-methyl/N-ethyl adjacent to an activating group) is 1. The molecule has 0 atom stereocenters. The van der Waals surface area contributed by atoms with E-state index in [1.807, 2.05) is 0 Å². The average molecular weight is 288 g/mol. The van der Waals surface area contributed by atoms with E-state index < -0.39 is 0 Å². The molecule has 0 heterocycles. The monoisotopic (exact) mass is 288 g/mol. The molecule has 0 saturated heterocycles. The van der Waals surface area contributed by atoms with Crippen LogP contribution >= 0.6 is 0 Å². The number of hydrogen-bond acceptors (Lipinski definition) is 2. The molecule has 2 nitrogen and oxygen atoms in total. The van der Waals surface area contributed by atoms with Gasteiger partial charge in [0.2, 0.25) is 0 Å². The van der Waals surface area contributed by atoms with Gasteiger partial charge in [-0.1, -0.05) is 56.0 Å². The quantitative estimate of drug-likeness (QED) is 0.769. The molecule has 1 aromatic carbocycles. The zero-order valence-electron chi connectivity index (χ0n) is 13.9. The lowest BCUT2D eigenvalue weighted by atomic mass is 9.79. The summed E-state index contributed by atoms with van der Waals surface area (Å²) in [6, 6.07) is 10.9. The lowest BCUT2D eigenvalue weighted by molar-refractivity contribution is 0.150. The van der Waals surface area contributed by atoms with Gasteiger partial charge in [0.25, 0.3) is 0 Å². The first kappa shape index (κ1) is 16.5. The van der Waals surface area contributed by atoms with E-state index in [2.05, 4.69) is 54.6 Å². The van der Waals surface area contributed by atoms with Crippen molar-refractivity contribution in [2.75, 3.05) is 33.7 Å². The Morgan fingerprint density at radius 1 is 1.05 bits per heavy atom. The minimum absolute atomic E-state index is 0.497. The predicted octanol–water partition coefficient (Wildman–Crippen LogP) is 3.72.